The predicted octanol–water partition coefficient (Wildman–Crippen LogP) is 3.84. The van der Waals surface area contributed by atoms with Crippen molar-refractivity contribution in [1.29, 1.82) is 5.26 Å². The van der Waals surface area contributed by atoms with Crippen molar-refractivity contribution in [3.8, 4) is 6.07 Å². The van der Waals surface area contributed by atoms with Crippen molar-refractivity contribution in [3.63, 3.8) is 0 Å². The Hall–Kier alpha value is -3.24. The minimum atomic E-state index is -0.516. The van der Waals surface area contributed by atoms with Crippen LogP contribution in [0.5, 0.6) is 0 Å². The number of amides is 2. The molecule has 0 saturated heterocycles. The summed E-state index contributed by atoms with van der Waals surface area (Å²) < 4.78 is 4.79. The molecule has 9 heteroatoms. The average Bonchev–Trinajstić information content (AvgIpc) is 2.66. The monoisotopic (exact) mass is 355 g/mol. The molecule has 0 aliphatic carbocycles. The molecule has 0 atom stereocenters. The summed E-state index contributed by atoms with van der Waals surface area (Å²) in [4.78, 5) is 20.3. The van der Waals surface area contributed by atoms with Gasteiger partial charge < -0.3 is 5.32 Å². The first-order valence-corrected chi connectivity index (χ1v) is 7.62. The Morgan fingerprint density at radius 2 is 2.04 bits per heavy atom. The third-order valence-corrected chi connectivity index (χ3v) is 3.59. The van der Waals surface area contributed by atoms with Crippen molar-refractivity contribution in [2.75, 3.05) is 17.9 Å². The van der Waals surface area contributed by atoms with E-state index in [4.69, 9.17) is 16.2 Å². The van der Waals surface area contributed by atoms with Gasteiger partial charge in [-0.05, 0) is 30.3 Å². The second-order valence-corrected chi connectivity index (χ2v) is 5.25. The molecule has 0 aliphatic heterocycles. The molecule has 2 aromatic rings. The summed E-state index contributed by atoms with van der Waals surface area (Å²) in [7, 11) is 1.35. The van der Waals surface area contributed by atoms with Gasteiger partial charge in [0.05, 0.1) is 53.6 Å². The highest BCUT2D eigenvalue weighted by Gasteiger charge is 2.10. The lowest BCUT2D eigenvalue weighted by Crippen LogP contribution is -2.33. The third kappa shape index (κ3) is 5.41. The topological polar surface area (TPSA) is 99.8 Å². The number of carbonyl (C=O) groups excluding carboxylic acids is 1. The van der Waals surface area contributed by atoms with Crippen LogP contribution in [0.25, 0.3) is 4.85 Å². The summed E-state index contributed by atoms with van der Waals surface area (Å²) in [5, 5.41) is 11.6. The molecule has 0 aliphatic rings. The molecule has 0 fully saturated rings. The molecular formula is C16H13N5O3S. The molecule has 2 aromatic carbocycles. The number of hydrazine groups is 1. The maximum atomic E-state index is 12.0. The van der Waals surface area contributed by atoms with Gasteiger partial charge in [0.2, 0.25) is 0 Å². The van der Waals surface area contributed by atoms with Gasteiger partial charge in [-0.1, -0.05) is 12.1 Å². The molecule has 0 heterocycles. The molecule has 0 saturated carbocycles. The Kier molecular flexibility index (Phi) is 6.63. The maximum Gasteiger partial charge on any atom is 0.337 e. The molecule has 3 N–H and O–H groups in total. The Labute approximate surface area is 148 Å². The maximum absolute atomic E-state index is 12.0. The van der Waals surface area contributed by atoms with Crippen molar-refractivity contribution in [2.45, 2.75) is 4.90 Å². The number of urea groups is 1. The van der Waals surface area contributed by atoms with E-state index >= 15 is 0 Å². The molecule has 126 valence electrons. The van der Waals surface area contributed by atoms with Crippen molar-refractivity contribution >= 4 is 35.1 Å². The van der Waals surface area contributed by atoms with Crippen LogP contribution < -0.4 is 16.2 Å². The van der Waals surface area contributed by atoms with Crippen LogP contribution in [-0.2, 0) is 9.22 Å². The second kappa shape index (κ2) is 9.15. The standard InChI is InChI=1S/C16H13N5O3S/c1-18-12-4-6-13(7-5-12)20-21-16(22)19-14-8-3-11(10-17)9-15(14)25-24-23-2/h3-9,20H,2H3,(H2,19,21,22). The summed E-state index contributed by atoms with van der Waals surface area (Å²) in [6.45, 7) is 6.89. The molecule has 0 spiro atoms. The van der Waals surface area contributed by atoms with Gasteiger partial charge in [-0.25, -0.2) is 14.5 Å². The lowest BCUT2D eigenvalue weighted by Gasteiger charge is -2.12. The van der Waals surface area contributed by atoms with Gasteiger partial charge in [-0.15, -0.1) is 0 Å². The van der Waals surface area contributed by atoms with Gasteiger partial charge in [0.25, 0.3) is 0 Å². The van der Waals surface area contributed by atoms with Crippen molar-refractivity contribution in [1.82, 2.24) is 5.43 Å². The smallest absolute Gasteiger partial charge is 0.305 e. The SMILES string of the molecule is [C-]#[N+]c1ccc(NNC(=O)Nc2ccc(C#N)cc2SOOC)cc1. The Morgan fingerprint density at radius 1 is 1.28 bits per heavy atom. The zero-order valence-electron chi connectivity index (χ0n) is 13.1. The number of nitrogens with one attached hydrogen (secondary N) is 3. The number of nitriles is 1. The molecule has 0 bridgehead atoms. The lowest BCUT2D eigenvalue weighted by molar-refractivity contribution is -0.160. The predicted molar refractivity (Wildman–Crippen MR) is 93.6 cm³/mol. The third-order valence-electron chi connectivity index (χ3n) is 2.87. The number of nitrogens with zero attached hydrogens (tertiary/aromatic N) is 2. The first-order chi connectivity index (χ1) is 12.2. The molecule has 8 nitrogen and oxygen atoms in total. The van der Waals surface area contributed by atoms with Gasteiger partial charge >= 0.3 is 6.03 Å². The number of hydrogen-bond acceptors (Lipinski definition) is 6. The van der Waals surface area contributed by atoms with E-state index in [1.165, 1.54) is 7.11 Å². The Morgan fingerprint density at radius 3 is 2.68 bits per heavy atom. The number of anilines is 2. The van der Waals surface area contributed by atoms with Gasteiger partial charge in [0.15, 0.2) is 5.69 Å². The number of rotatable bonds is 6. The summed E-state index contributed by atoms with van der Waals surface area (Å²) in [5.41, 5.74) is 7.20. The van der Waals surface area contributed by atoms with Gasteiger partial charge in [-0.2, -0.15) is 9.60 Å². The first kappa shape index (κ1) is 18.1. The normalized spacial score (nSPS) is 9.56. The zero-order chi connectivity index (χ0) is 18.1. The van der Waals surface area contributed by atoms with E-state index in [2.05, 4.69) is 25.9 Å². The Balaban J connectivity index is 1.99. The fraction of sp³-hybridized carbons (Fsp3) is 0.0625. The Bertz CT molecular complexity index is 827. The van der Waals surface area contributed by atoms with Crippen LogP contribution in [0.3, 0.4) is 0 Å². The molecule has 0 aromatic heterocycles. The van der Waals surface area contributed by atoms with E-state index in [1.54, 1.807) is 42.5 Å². The van der Waals surface area contributed by atoms with Crippen molar-refractivity contribution in [2.24, 2.45) is 0 Å². The van der Waals surface area contributed by atoms with Crippen LogP contribution in [-0.4, -0.2) is 13.1 Å². The number of hydrogen-bond donors (Lipinski definition) is 3. The zero-order valence-corrected chi connectivity index (χ0v) is 13.9. The summed E-state index contributed by atoms with van der Waals surface area (Å²) in [6, 6.07) is 12.8. The minimum Gasteiger partial charge on any atom is -0.305 e. The number of carbonyl (C=O) groups is 1. The molecule has 25 heavy (non-hydrogen) atoms. The highest BCUT2D eigenvalue weighted by atomic mass is 32.2. The van der Waals surface area contributed by atoms with Crippen LogP contribution in [0.4, 0.5) is 21.9 Å². The molecular weight excluding hydrogens is 342 g/mol. The van der Waals surface area contributed by atoms with E-state index in [0.29, 0.717) is 27.5 Å². The lowest BCUT2D eigenvalue weighted by atomic mass is 10.2. The average molecular weight is 355 g/mol. The van der Waals surface area contributed by atoms with Crippen LogP contribution in [0.15, 0.2) is 47.4 Å². The summed E-state index contributed by atoms with van der Waals surface area (Å²) in [6.07, 6.45) is 0. The van der Waals surface area contributed by atoms with Crippen molar-refractivity contribution < 1.29 is 14.0 Å². The second-order valence-electron chi connectivity index (χ2n) is 4.50. The molecule has 0 unspecified atom stereocenters. The van der Waals surface area contributed by atoms with E-state index in [-0.39, 0.29) is 0 Å². The van der Waals surface area contributed by atoms with Gasteiger partial charge in [0, 0.05) is 0 Å². The van der Waals surface area contributed by atoms with Gasteiger partial charge in [0.1, 0.15) is 0 Å². The van der Waals surface area contributed by atoms with E-state index in [9.17, 15) is 4.79 Å². The highest BCUT2D eigenvalue weighted by Crippen LogP contribution is 2.29. The van der Waals surface area contributed by atoms with Crippen LogP contribution in [0.2, 0.25) is 0 Å². The van der Waals surface area contributed by atoms with E-state index in [1.807, 2.05) is 6.07 Å². The van der Waals surface area contributed by atoms with E-state index < -0.39 is 6.03 Å². The van der Waals surface area contributed by atoms with Crippen LogP contribution in [0, 0.1) is 17.9 Å². The van der Waals surface area contributed by atoms with Crippen LogP contribution in [0.1, 0.15) is 5.56 Å². The molecule has 2 rings (SSSR count). The fourth-order valence-electron chi connectivity index (χ4n) is 1.74. The largest absolute Gasteiger partial charge is 0.337 e. The van der Waals surface area contributed by atoms with Crippen molar-refractivity contribution in [3.05, 3.63) is 59.4 Å². The number of benzene rings is 2. The van der Waals surface area contributed by atoms with E-state index in [0.717, 1.165) is 12.0 Å². The minimum absolute atomic E-state index is 0.422. The van der Waals surface area contributed by atoms with Gasteiger partial charge in [-0.3, -0.25) is 10.9 Å². The molecule has 0 radical (unpaired) electrons. The highest BCUT2D eigenvalue weighted by molar-refractivity contribution is 7.94. The first-order valence-electron chi connectivity index (χ1n) is 6.88. The summed E-state index contributed by atoms with van der Waals surface area (Å²) >= 11 is 0.873. The van der Waals surface area contributed by atoms with Crippen LogP contribution >= 0.6 is 12.0 Å². The fourth-order valence-corrected chi connectivity index (χ4v) is 2.26. The quantitative estimate of drug-likeness (QED) is 0.315. The molecule has 2 amide bonds. The summed E-state index contributed by atoms with van der Waals surface area (Å²) in [5.74, 6) is 0.